The quantitative estimate of drug-likeness (QED) is 0.343. The van der Waals surface area contributed by atoms with Crippen molar-refractivity contribution in [3.63, 3.8) is 0 Å². The Bertz CT molecular complexity index is 1150. The van der Waals surface area contributed by atoms with Crippen molar-refractivity contribution < 1.29 is 52.8 Å². The van der Waals surface area contributed by atoms with E-state index in [0.717, 1.165) is 4.90 Å². The van der Waals surface area contributed by atoms with E-state index in [2.05, 4.69) is 4.74 Å². The van der Waals surface area contributed by atoms with E-state index in [0.29, 0.717) is 5.57 Å². The summed E-state index contributed by atoms with van der Waals surface area (Å²) in [5.74, 6) is -1.70. The number of amides is 2. The van der Waals surface area contributed by atoms with Crippen molar-refractivity contribution in [3.05, 3.63) is 23.5 Å². The number of hydrogen-bond donors (Lipinski definition) is 1. The van der Waals surface area contributed by atoms with E-state index < -0.39 is 64.6 Å². The monoisotopic (exact) mass is 626 g/mol. The highest BCUT2D eigenvalue weighted by Crippen LogP contribution is 2.28. The molecule has 0 spiro atoms. The third kappa shape index (κ3) is 12.9. The molecular weight excluding hydrogens is 576 g/mol. The van der Waals surface area contributed by atoms with Crippen molar-refractivity contribution in [1.82, 2.24) is 9.80 Å². The van der Waals surface area contributed by atoms with Gasteiger partial charge in [0.1, 0.15) is 34.5 Å². The van der Waals surface area contributed by atoms with E-state index in [-0.39, 0.29) is 25.0 Å². The first-order valence-corrected chi connectivity index (χ1v) is 14.3. The average molecular weight is 627 g/mol. The van der Waals surface area contributed by atoms with Crippen molar-refractivity contribution in [2.75, 3.05) is 13.7 Å². The van der Waals surface area contributed by atoms with Crippen LogP contribution in [0, 0.1) is 0 Å². The van der Waals surface area contributed by atoms with Crippen LogP contribution in [0.25, 0.3) is 0 Å². The number of rotatable bonds is 4. The summed E-state index contributed by atoms with van der Waals surface area (Å²) < 4.78 is 25.9. The van der Waals surface area contributed by atoms with E-state index in [1.807, 2.05) is 0 Å². The Morgan fingerprint density at radius 2 is 1.02 bits per heavy atom. The number of aliphatic hydroxyl groups excluding tert-OH is 1. The van der Waals surface area contributed by atoms with Crippen LogP contribution >= 0.6 is 0 Å². The number of esters is 3. The Kier molecular flexibility index (Phi) is 12.6. The van der Waals surface area contributed by atoms with E-state index in [4.69, 9.17) is 18.9 Å². The van der Waals surface area contributed by atoms with Crippen molar-refractivity contribution in [2.24, 2.45) is 0 Å². The lowest BCUT2D eigenvalue weighted by Crippen LogP contribution is -2.44. The van der Waals surface area contributed by atoms with Crippen LogP contribution in [0.4, 0.5) is 9.59 Å². The van der Waals surface area contributed by atoms with E-state index in [9.17, 15) is 29.1 Å². The van der Waals surface area contributed by atoms with Gasteiger partial charge in [-0.1, -0.05) is 0 Å². The first kappa shape index (κ1) is 38.4. The molecule has 2 amide bonds. The fourth-order valence-electron chi connectivity index (χ4n) is 3.80. The van der Waals surface area contributed by atoms with Gasteiger partial charge in [0.2, 0.25) is 0 Å². The van der Waals surface area contributed by atoms with Gasteiger partial charge < -0.3 is 28.8 Å². The molecule has 0 bridgehead atoms. The van der Waals surface area contributed by atoms with Crippen LogP contribution in [-0.4, -0.2) is 93.2 Å². The largest absolute Gasteiger partial charge is 0.466 e. The Balaban J connectivity index is 0.000000442. The maximum Gasteiger partial charge on any atom is 0.415 e. The fraction of sp³-hybridized carbons (Fsp3) is 0.710. The molecule has 13 nitrogen and oxygen atoms in total. The molecule has 13 heteroatoms. The molecule has 0 saturated heterocycles. The van der Waals surface area contributed by atoms with Gasteiger partial charge in [-0.2, -0.15) is 0 Å². The van der Waals surface area contributed by atoms with Crippen LogP contribution in [0.15, 0.2) is 23.5 Å². The number of carbonyl (C=O) groups is 5. The molecule has 44 heavy (non-hydrogen) atoms. The van der Waals surface area contributed by atoms with Crippen LogP contribution in [0.3, 0.4) is 0 Å². The molecule has 1 N–H and O–H groups in total. The van der Waals surface area contributed by atoms with Crippen LogP contribution in [0.5, 0.6) is 0 Å². The van der Waals surface area contributed by atoms with E-state index >= 15 is 0 Å². The highest BCUT2D eigenvalue weighted by Gasteiger charge is 2.42. The van der Waals surface area contributed by atoms with Gasteiger partial charge in [0.25, 0.3) is 0 Å². The molecule has 0 aliphatic carbocycles. The lowest BCUT2D eigenvalue weighted by atomic mass is 10.1. The zero-order valence-corrected chi connectivity index (χ0v) is 28.4. The van der Waals surface area contributed by atoms with Gasteiger partial charge in [0.05, 0.1) is 19.3 Å². The molecule has 0 aromatic heterocycles. The smallest absolute Gasteiger partial charge is 0.415 e. The number of methoxy groups -OCH3 is 1. The number of ether oxygens (including phenoxy) is 5. The maximum atomic E-state index is 12.3. The summed E-state index contributed by atoms with van der Waals surface area (Å²) in [5, 5.41) is 9.23. The standard InChI is InChI=1S/C16H25NO6.C15H25NO5/c1-15(2,3)22-13(19)11-8-10(12(18)21-7)9-17(11)14(20)23-16(4,5)6;1-14(2,3)20-12(18)11-7-10(9-17)8-16(11)13(19)21-15(4,5)6/h9,11H,8H2,1-7H3;8,11,17H,7,9H2,1-6H3/t2*11-/m00/s1. The SMILES string of the molecule is CC(C)(C)OC(=O)[C@@H]1CC(CO)=CN1C(=O)OC(C)(C)C.COC(=O)C1=CN(C(=O)OC(C)(C)C)[C@H](C(=O)OC(C)(C)C)C1. The summed E-state index contributed by atoms with van der Waals surface area (Å²) in [7, 11) is 1.24. The third-order valence-corrected chi connectivity index (χ3v) is 5.37. The summed E-state index contributed by atoms with van der Waals surface area (Å²) in [6.45, 7) is 20.7. The first-order valence-electron chi connectivity index (χ1n) is 14.3. The minimum absolute atomic E-state index is 0.0286. The molecule has 0 radical (unpaired) electrons. The maximum absolute atomic E-state index is 12.3. The first-order chi connectivity index (χ1) is 19.8. The Morgan fingerprint density at radius 1 is 0.659 bits per heavy atom. The summed E-state index contributed by atoms with van der Waals surface area (Å²) >= 11 is 0. The molecular formula is C31H50N2O11. The van der Waals surface area contributed by atoms with Crippen LogP contribution < -0.4 is 0 Å². The molecule has 250 valence electrons. The van der Waals surface area contributed by atoms with Gasteiger partial charge in [-0.15, -0.1) is 0 Å². The predicted molar refractivity (Wildman–Crippen MR) is 160 cm³/mol. The summed E-state index contributed by atoms with van der Waals surface area (Å²) in [6, 6.07) is -1.74. The average Bonchev–Trinajstić information content (AvgIpc) is 3.45. The second-order valence-corrected chi connectivity index (χ2v) is 14.4. The molecule has 2 aliphatic heterocycles. The van der Waals surface area contributed by atoms with Crippen LogP contribution in [0.2, 0.25) is 0 Å². The number of aliphatic hydroxyl groups is 1. The van der Waals surface area contributed by atoms with Gasteiger partial charge in [-0.25, -0.2) is 24.0 Å². The number of carbonyl (C=O) groups excluding carboxylic acids is 5. The van der Waals surface area contributed by atoms with E-state index in [1.54, 1.807) is 83.1 Å². The normalized spacial score (nSPS) is 18.8. The van der Waals surface area contributed by atoms with Crippen molar-refractivity contribution >= 4 is 30.1 Å². The zero-order valence-electron chi connectivity index (χ0n) is 28.4. The van der Waals surface area contributed by atoms with Gasteiger partial charge in [0.15, 0.2) is 0 Å². The fourth-order valence-corrected chi connectivity index (χ4v) is 3.80. The number of nitrogens with zero attached hydrogens (tertiary/aromatic N) is 2. The minimum Gasteiger partial charge on any atom is -0.466 e. The Labute approximate surface area is 260 Å². The Hall–Kier alpha value is -3.61. The molecule has 2 atom stereocenters. The second-order valence-electron chi connectivity index (χ2n) is 14.4. The minimum atomic E-state index is -0.946. The van der Waals surface area contributed by atoms with Gasteiger partial charge in [0, 0.05) is 25.2 Å². The van der Waals surface area contributed by atoms with Gasteiger partial charge in [-0.05, 0) is 88.7 Å². The molecule has 2 heterocycles. The van der Waals surface area contributed by atoms with Crippen LogP contribution in [0.1, 0.15) is 95.9 Å². The van der Waals surface area contributed by atoms with Gasteiger partial charge in [-0.3, -0.25) is 9.80 Å². The molecule has 0 unspecified atom stereocenters. The molecule has 0 saturated carbocycles. The highest BCUT2D eigenvalue weighted by molar-refractivity contribution is 5.94. The van der Waals surface area contributed by atoms with E-state index in [1.165, 1.54) is 24.4 Å². The molecule has 0 aromatic carbocycles. The molecule has 0 fully saturated rings. The molecule has 2 rings (SSSR count). The topological polar surface area (TPSA) is 158 Å². The number of hydrogen-bond acceptors (Lipinski definition) is 11. The lowest BCUT2D eigenvalue weighted by Gasteiger charge is -2.29. The Morgan fingerprint density at radius 3 is 1.36 bits per heavy atom. The highest BCUT2D eigenvalue weighted by atomic mass is 16.6. The van der Waals surface area contributed by atoms with Crippen molar-refractivity contribution in [2.45, 2.75) is 130 Å². The van der Waals surface area contributed by atoms with Crippen LogP contribution in [-0.2, 0) is 38.1 Å². The van der Waals surface area contributed by atoms with Crippen molar-refractivity contribution in [3.8, 4) is 0 Å². The summed E-state index contributed by atoms with van der Waals surface area (Å²) in [4.78, 5) is 63.0. The van der Waals surface area contributed by atoms with Gasteiger partial charge >= 0.3 is 30.1 Å². The van der Waals surface area contributed by atoms with Crippen molar-refractivity contribution in [1.29, 1.82) is 0 Å². The summed E-state index contributed by atoms with van der Waals surface area (Å²) in [6.07, 6.45) is 1.69. The summed E-state index contributed by atoms with van der Waals surface area (Å²) in [5.41, 5.74) is -1.92. The predicted octanol–water partition coefficient (Wildman–Crippen LogP) is 4.61. The molecule has 0 aromatic rings. The third-order valence-electron chi connectivity index (χ3n) is 5.37. The second kappa shape index (κ2) is 14.4. The zero-order chi connectivity index (χ0) is 34.4. The lowest BCUT2D eigenvalue weighted by molar-refractivity contribution is -0.160. The molecule has 2 aliphatic rings.